The van der Waals surface area contributed by atoms with Crippen molar-refractivity contribution in [1.29, 1.82) is 0 Å². The molecule has 3 aliphatic heterocycles. The Hall–Kier alpha value is -4.32. The molecule has 9 rings (SSSR count). The van der Waals surface area contributed by atoms with Gasteiger partial charge in [0.1, 0.15) is 11.5 Å². The third-order valence-electron chi connectivity index (χ3n) is 13.5. The van der Waals surface area contributed by atoms with Crippen molar-refractivity contribution in [3.8, 4) is 22.6 Å². The molecule has 4 aliphatic rings. The molecule has 0 amide bonds. The van der Waals surface area contributed by atoms with E-state index in [1.165, 1.54) is 81.3 Å². The first-order chi connectivity index (χ1) is 26.6. The highest BCUT2D eigenvalue weighted by Crippen LogP contribution is 2.61. The quantitative estimate of drug-likeness (QED) is 0.152. The summed E-state index contributed by atoms with van der Waals surface area (Å²) in [6.07, 6.45) is 9.84. The number of hydrogen-bond acceptors (Lipinski definition) is 5. The molecule has 0 saturated carbocycles. The molecule has 0 N–H and O–H groups in total. The second-order valence-corrected chi connectivity index (χ2v) is 16.0. The molecule has 0 aromatic heterocycles. The fraction of sp³-hybridized carbons (Fsp3) is 0.429. The average molecular weight is 722 g/mol. The summed E-state index contributed by atoms with van der Waals surface area (Å²) in [6, 6.07) is 34.5. The maximum Gasteiger partial charge on any atom is 0.159 e. The van der Waals surface area contributed by atoms with Crippen LogP contribution in [0.3, 0.4) is 0 Å². The van der Waals surface area contributed by atoms with Crippen LogP contribution in [-0.2, 0) is 33.3 Å². The Balaban J connectivity index is 1.18. The van der Waals surface area contributed by atoms with Crippen LogP contribution < -0.4 is 14.4 Å². The predicted molar refractivity (Wildman–Crippen MR) is 219 cm³/mol. The van der Waals surface area contributed by atoms with Crippen molar-refractivity contribution in [2.75, 3.05) is 51.5 Å². The van der Waals surface area contributed by atoms with Crippen LogP contribution in [0, 0.1) is 5.92 Å². The van der Waals surface area contributed by atoms with E-state index < -0.39 is 5.60 Å². The number of ether oxygens (including phenoxy) is 4. The molecule has 2 atom stereocenters. The number of benzene rings is 5. The molecule has 54 heavy (non-hydrogen) atoms. The van der Waals surface area contributed by atoms with Crippen LogP contribution in [-0.4, -0.2) is 46.6 Å². The van der Waals surface area contributed by atoms with Gasteiger partial charge in [-0.2, -0.15) is 0 Å². The molecule has 2 fully saturated rings. The Bertz CT molecular complexity index is 2100. The molecule has 5 nitrogen and oxygen atoms in total. The number of anilines is 1. The van der Waals surface area contributed by atoms with Gasteiger partial charge in [-0.15, -0.1) is 0 Å². The molecule has 3 heterocycles. The first-order valence-electron chi connectivity index (χ1n) is 20.6. The summed E-state index contributed by atoms with van der Waals surface area (Å²) in [6.45, 7) is 9.94. The summed E-state index contributed by atoms with van der Waals surface area (Å²) in [5, 5.41) is 2.39. The highest BCUT2D eigenvalue weighted by atomic mass is 16.5. The molecule has 0 spiro atoms. The molecular weight excluding hydrogens is 667 g/mol. The van der Waals surface area contributed by atoms with E-state index in [0.29, 0.717) is 0 Å². The number of fused-ring (bicyclic) bond motifs is 8. The Morgan fingerprint density at radius 1 is 0.778 bits per heavy atom. The first-order valence-corrected chi connectivity index (χ1v) is 20.6. The van der Waals surface area contributed by atoms with Crippen LogP contribution in [0.15, 0.2) is 91.0 Å². The van der Waals surface area contributed by atoms with Crippen LogP contribution in [0.25, 0.3) is 21.9 Å². The molecule has 280 valence electrons. The van der Waals surface area contributed by atoms with Gasteiger partial charge in [-0.1, -0.05) is 74.5 Å². The zero-order chi connectivity index (χ0) is 36.7. The molecule has 2 saturated heterocycles. The summed E-state index contributed by atoms with van der Waals surface area (Å²) >= 11 is 0. The topological polar surface area (TPSA) is 40.2 Å². The number of hydrogen-bond donors (Lipinski definition) is 0. The second-order valence-electron chi connectivity index (χ2n) is 16.0. The van der Waals surface area contributed by atoms with Gasteiger partial charge >= 0.3 is 0 Å². The van der Waals surface area contributed by atoms with Gasteiger partial charge in [-0.25, -0.2) is 0 Å². The monoisotopic (exact) mass is 721 g/mol. The SMILES string of the molecule is CCC1(CC)c2ccccc2-c2c1c1c(c3cc(OC)ccc23)OC(c2ccc(CCC3CCCOCC3)cc2)(c2ccc(N3CCOCC3)cc2)CC1. The molecule has 1 aliphatic carbocycles. The van der Waals surface area contributed by atoms with E-state index in [1.807, 2.05) is 0 Å². The minimum absolute atomic E-state index is 0.0571. The molecule has 0 bridgehead atoms. The first kappa shape index (κ1) is 35.4. The van der Waals surface area contributed by atoms with Gasteiger partial charge in [-0.05, 0) is 138 Å². The maximum atomic E-state index is 7.80. The maximum absolute atomic E-state index is 7.80. The van der Waals surface area contributed by atoms with Gasteiger partial charge in [0.2, 0.25) is 0 Å². The number of rotatable bonds is 9. The predicted octanol–water partition coefficient (Wildman–Crippen LogP) is 10.8. The highest BCUT2D eigenvalue weighted by Gasteiger charge is 2.48. The highest BCUT2D eigenvalue weighted by molar-refractivity contribution is 6.07. The number of nitrogens with zero attached hydrogens (tertiary/aromatic N) is 1. The van der Waals surface area contributed by atoms with Gasteiger partial charge < -0.3 is 23.8 Å². The van der Waals surface area contributed by atoms with E-state index in [0.717, 1.165) is 94.4 Å². The van der Waals surface area contributed by atoms with Crippen LogP contribution >= 0.6 is 0 Å². The summed E-state index contributed by atoms with van der Waals surface area (Å²) in [5.41, 5.74) is 11.4. The lowest BCUT2D eigenvalue weighted by Gasteiger charge is -2.43. The summed E-state index contributed by atoms with van der Waals surface area (Å²) in [4.78, 5) is 2.43. The van der Waals surface area contributed by atoms with Crippen molar-refractivity contribution in [1.82, 2.24) is 0 Å². The standard InChI is InChI=1S/C49H55NO4/c1-4-48(5-2)44-11-7-6-10-41(44)45-40-23-22-39(51-3)33-43(40)47-42(46(45)48)24-26-49(54-47,37-18-20-38(21-19-37)50-27-31-53-32-28-50)36-16-14-35(15-17-36)13-12-34-9-8-29-52-30-25-34/h6-7,10-11,14-23,33-34H,4-5,8-9,12-13,24-32H2,1-3H3. The van der Waals surface area contributed by atoms with Gasteiger partial charge in [0.15, 0.2) is 5.60 Å². The zero-order valence-corrected chi connectivity index (χ0v) is 32.4. The molecule has 5 heteroatoms. The van der Waals surface area contributed by atoms with Crippen molar-refractivity contribution in [2.45, 2.75) is 82.7 Å². The lowest BCUT2D eigenvalue weighted by atomic mass is 9.69. The van der Waals surface area contributed by atoms with Gasteiger partial charge in [-0.3, -0.25) is 0 Å². The van der Waals surface area contributed by atoms with Gasteiger partial charge in [0.05, 0.1) is 20.3 Å². The van der Waals surface area contributed by atoms with E-state index in [4.69, 9.17) is 18.9 Å². The van der Waals surface area contributed by atoms with Crippen molar-refractivity contribution in [3.05, 3.63) is 124 Å². The van der Waals surface area contributed by atoms with Gasteiger partial charge in [0.25, 0.3) is 0 Å². The minimum Gasteiger partial charge on any atom is -0.497 e. The Kier molecular flexibility index (Phi) is 9.65. The summed E-state index contributed by atoms with van der Waals surface area (Å²) < 4.78 is 25.1. The van der Waals surface area contributed by atoms with Crippen molar-refractivity contribution >= 4 is 16.5 Å². The van der Waals surface area contributed by atoms with Crippen LogP contribution in [0.2, 0.25) is 0 Å². The largest absolute Gasteiger partial charge is 0.497 e. The summed E-state index contributed by atoms with van der Waals surface area (Å²) in [7, 11) is 1.77. The summed E-state index contributed by atoms with van der Waals surface area (Å²) in [5.74, 6) is 2.62. The van der Waals surface area contributed by atoms with Crippen LogP contribution in [0.4, 0.5) is 5.69 Å². The smallest absolute Gasteiger partial charge is 0.159 e. The third kappa shape index (κ3) is 5.90. The van der Waals surface area contributed by atoms with E-state index in [1.54, 1.807) is 7.11 Å². The van der Waals surface area contributed by atoms with E-state index >= 15 is 0 Å². The molecule has 5 aromatic rings. The number of methoxy groups -OCH3 is 1. The lowest BCUT2D eigenvalue weighted by molar-refractivity contribution is 0.0865. The fourth-order valence-electron chi connectivity index (χ4n) is 10.5. The fourth-order valence-corrected chi connectivity index (χ4v) is 10.5. The van der Waals surface area contributed by atoms with Crippen LogP contribution in [0.1, 0.15) is 92.2 Å². The van der Waals surface area contributed by atoms with E-state index in [9.17, 15) is 0 Å². The molecule has 0 radical (unpaired) electrons. The molecule has 5 aromatic carbocycles. The van der Waals surface area contributed by atoms with Crippen molar-refractivity contribution in [3.63, 3.8) is 0 Å². The Morgan fingerprint density at radius 2 is 1.52 bits per heavy atom. The normalized spacial score (nSPS) is 21.8. The lowest BCUT2D eigenvalue weighted by Crippen LogP contribution is -2.39. The zero-order valence-electron chi connectivity index (χ0n) is 32.4. The molecular formula is C49H55NO4. The van der Waals surface area contributed by atoms with E-state index in [2.05, 4.69) is 110 Å². The van der Waals surface area contributed by atoms with E-state index in [-0.39, 0.29) is 5.41 Å². The average Bonchev–Trinajstić information content (AvgIpc) is 3.33. The number of aryl methyl sites for hydroxylation is 1. The second kappa shape index (κ2) is 14.7. The van der Waals surface area contributed by atoms with Crippen LogP contribution in [0.5, 0.6) is 11.5 Å². The minimum atomic E-state index is -0.648. The van der Waals surface area contributed by atoms with Gasteiger partial charge in [0, 0.05) is 48.4 Å². The van der Waals surface area contributed by atoms with Crippen molar-refractivity contribution in [2.24, 2.45) is 5.92 Å². The Morgan fingerprint density at radius 3 is 2.28 bits per heavy atom. The Labute approximate surface area is 321 Å². The number of morpholine rings is 1. The van der Waals surface area contributed by atoms with Crippen molar-refractivity contribution < 1.29 is 18.9 Å². The third-order valence-corrected chi connectivity index (χ3v) is 13.5. The molecule has 2 unspecified atom stereocenters.